The van der Waals surface area contributed by atoms with Crippen molar-refractivity contribution in [3.05, 3.63) is 29.3 Å². The fourth-order valence-electron chi connectivity index (χ4n) is 2.09. The van der Waals surface area contributed by atoms with Gasteiger partial charge in [-0.1, -0.05) is 12.1 Å². The molecular weight excluding hydrogens is 172 g/mol. The van der Waals surface area contributed by atoms with Crippen LogP contribution in [0.2, 0.25) is 0 Å². The van der Waals surface area contributed by atoms with Gasteiger partial charge in [-0.05, 0) is 37.0 Å². The van der Waals surface area contributed by atoms with Gasteiger partial charge in [0.2, 0.25) is 0 Å². The molecule has 0 aromatic heterocycles. The third kappa shape index (κ3) is 1.62. The minimum atomic E-state index is 0.146. The molecule has 1 atom stereocenters. The van der Waals surface area contributed by atoms with Crippen LogP contribution in [0.1, 0.15) is 30.5 Å². The molecule has 1 heterocycles. The lowest BCUT2D eigenvalue weighted by Crippen LogP contribution is -2.24. The Morgan fingerprint density at radius 1 is 1.43 bits per heavy atom. The second kappa shape index (κ2) is 3.62. The quantitative estimate of drug-likeness (QED) is 0.734. The Balaban J connectivity index is 2.39. The number of rotatable bonds is 1. The van der Waals surface area contributed by atoms with Crippen LogP contribution < -0.4 is 10.6 Å². The van der Waals surface area contributed by atoms with E-state index in [1.54, 1.807) is 0 Å². The van der Waals surface area contributed by atoms with Crippen molar-refractivity contribution >= 4 is 5.69 Å². The number of nitrogens with zero attached hydrogens (tertiary/aromatic N) is 1. The van der Waals surface area contributed by atoms with Gasteiger partial charge in [-0.25, -0.2) is 0 Å². The molecule has 0 bridgehead atoms. The maximum Gasteiger partial charge on any atom is 0.0396 e. The highest BCUT2D eigenvalue weighted by atomic mass is 15.1. The Bertz CT molecular complexity index is 331. The lowest BCUT2D eigenvalue weighted by atomic mass is 9.97. The first kappa shape index (κ1) is 9.53. The average molecular weight is 190 g/mol. The van der Waals surface area contributed by atoms with Crippen LogP contribution >= 0.6 is 0 Å². The number of aryl methyl sites for hydroxylation is 1. The van der Waals surface area contributed by atoms with Crippen molar-refractivity contribution in [1.82, 2.24) is 0 Å². The van der Waals surface area contributed by atoms with Crippen molar-refractivity contribution < 1.29 is 0 Å². The van der Waals surface area contributed by atoms with E-state index in [2.05, 4.69) is 30.1 Å². The number of hydrogen-bond donors (Lipinski definition) is 1. The normalized spacial score (nSPS) is 17.8. The van der Waals surface area contributed by atoms with Crippen LogP contribution in [0, 0.1) is 0 Å². The summed E-state index contributed by atoms with van der Waals surface area (Å²) in [6, 6.07) is 6.75. The van der Waals surface area contributed by atoms with Crippen LogP contribution in [-0.2, 0) is 6.42 Å². The summed E-state index contributed by atoms with van der Waals surface area (Å²) in [6.45, 7) is 3.21. The summed E-state index contributed by atoms with van der Waals surface area (Å²) < 4.78 is 0. The van der Waals surface area contributed by atoms with Gasteiger partial charge in [-0.2, -0.15) is 0 Å². The SMILES string of the molecule is C[C@@H](N)c1ccc2c(c1)CCCN2C. The first-order valence-corrected chi connectivity index (χ1v) is 5.28. The third-order valence-corrected chi connectivity index (χ3v) is 2.98. The van der Waals surface area contributed by atoms with E-state index in [-0.39, 0.29) is 6.04 Å². The van der Waals surface area contributed by atoms with E-state index in [0.29, 0.717) is 0 Å². The Morgan fingerprint density at radius 3 is 2.93 bits per heavy atom. The highest BCUT2D eigenvalue weighted by molar-refractivity contribution is 5.56. The van der Waals surface area contributed by atoms with Gasteiger partial charge in [0, 0.05) is 25.3 Å². The van der Waals surface area contributed by atoms with Crippen LogP contribution in [0.4, 0.5) is 5.69 Å². The van der Waals surface area contributed by atoms with Gasteiger partial charge in [0.25, 0.3) is 0 Å². The monoisotopic (exact) mass is 190 g/mol. The van der Waals surface area contributed by atoms with E-state index in [1.807, 2.05) is 6.92 Å². The molecule has 2 N–H and O–H groups in total. The smallest absolute Gasteiger partial charge is 0.0396 e. The molecule has 0 fully saturated rings. The van der Waals surface area contributed by atoms with Gasteiger partial charge in [0.15, 0.2) is 0 Å². The minimum absolute atomic E-state index is 0.146. The number of fused-ring (bicyclic) bond motifs is 1. The molecule has 1 aromatic rings. The summed E-state index contributed by atoms with van der Waals surface area (Å²) >= 11 is 0. The van der Waals surface area contributed by atoms with Crippen molar-refractivity contribution in [1.29, 1.82) is 0 Å². The molecule has 1 aliphatic heterocycles. The zero-order chi connectivity index (χ0) is 10.1. The Hall–Kier alpha value is -1.02. The molecule has 0 radical (unpaired) electrons. The Morgan fingerprint density at radius 2 is 2.21 bits per heavy atom. The topological polar surface area (TPSA) is 29.3 Å². The fraction of sp³-hybridized carbons (Fsp3) is 0.500. The molecule has 76 valence electrons. The third-order valence-electron chi connectivity index (χ3n) is 2.98. The van der Waals surface area contributed by atoms with Gasteiger partial charge in [-0.3, -0.25) is 0 Å². The number of anilines is 1. The van der Waals surface area contributed by atoms with Crippen LogP contribution in [-0.4, -0.2) is 13.6 Å². The van der Waals surface area contributed by atoms with Crippen LogP contribution in [0.5, 0.6) is 0 Å². The van der Waals surface area contributed by atoms with Crippen LogP contribution in [0.15, 0.2) is 18.2 Å². The highest BCUT2D eigenvalue weighted by Crippen LogP contribution is 2.28. The minimum Gasteiger partial charge on any atom is -0.374 e. The summed E-state index contributed by atoms with van der Waals surface area (Å²) in [7, 11) is 2.16. The van der Waals surface area contributed by atoms with Gasteiger partial charge < -0.3 is 10.6 Å². The van der Waals surface area contributed by atoms with E-state index >= 15 is 0 Å². The largest absolute Gasteiger partial charge is 0.374 e. The van der Waals surface area contributed by atoms with Crippen molar-refractivity contribution in [3.8, 4) is 0 Å². The van der Waals surface area contributed by atoms with Gasteiger partial charge in [0.1, 0.15) is 0 Å². The molecule has 0 unspecified atom stereocenters. The molecule has 0 saturated heterocycles. The zero-order valence-electron chi connectivity index (χ0n) is 8.96. The molecule has 0 aliphatic carbocycles. The maximum atomic E-state index is 5.87. The van der Waals surface area contributed by atoms with Gasteiger partial charge >= 0.3 is 0 Å². The van der Waals surface area contributed by atoms with Crippen molar-refractivity contribution in [2.75, 3.05) is 18.5 Å². The summed E-state index contributed by atoms with van der Waals surface area (Å²) in [5.41, 5.74) is 9.94. The predicted octanol–water partition coefficient (Wildman–Crippen LogP) is 2.09. The van der Waals surface area contributed by atoms with Crippen LogP contribution in [0.3, 0.4) is 0 Å². The first-order chi connectivity index (χ1) is 6.68. The molecule has 2 nitrogen and oxygen atoms in total. The molecule has 14 heavy (non-hydrogen) atoms. The highest BCUT2D eigenvalue weighted by Gasteiger charge is 2.14. The van der Waals surface area contributed by atoms with E-state index in [0.717, 1.165) is 0 Å². The lowest BCUT2D eigenvalue weighted by Gasteiger charge is -2.28. The second-order valence-corrected chi connectivity index (χ2v) is 4.20. The molecule has 1 aromatic carbocycles. The number of nitrogens with two attached hydrogens (primary N) is 1. The summed E-state index contributed by atoms with van der Waals surface area (Å²) in [5, 5.41) is 0. The summed E-state index contributed by atoms with van der Waals surface area (Å²) in [5.74, 6) is 0. The second-order valence-electron chi connectivity index (χ2n) is 4.20. The fourth-order valence-corrected chi connectivity index (χ4v) is 2.09. The molecule has 2 rings (SSSR count). The van der Waals surface area contributed by atoms with E-state index in [9.17, 15) is 0 Å². The average Bonchev–Trinajstić information content (AvgIpc) is 2.17. The summed E-state index contributed by atoms with van der Waals surface area (Å²) in [6.07, 6.45) is 2.45. The van der Waals surface area contributed by atoms with Crippen molar-refractivity contribution in [2.24, 2.45) is 5.73 Å². The zero-order valence-corrected chi connectivity index (χ0v) is 8.96. The summed E-state index contributed by atoms with van der Waals surface area (Å²) in [4.78, 5) is 2.32. The van der Waals surface area contributed by atoms with Gasteiger partial charge in [0.05, 0.1) is 0 Å². The first-order valence-electron chi connectivity index (χ1n) is 5.28. The van der Waals surface area contributed by atoms with E-state index in [4.69, 9.17) is 5.73 Å². The number of hydrogen-bond acceptors (Lipinski definition) is 2. The Labute approximate surface area is 85.7 Å². The van der Waals surface area contributed by atoms with Crippen molar-refractivity contribution in [3.63, 3.8) is 0 Å². The van der Waals surface area contributed by atoms with E-state index < -0.39 is 0 Å². The molecule has 2 heteroatoms. The molecule has 0 saturated carbocycles. The molecule has 0 amide bonds. The molecule has 1 aliphatic rings. The van der Waals surface area contributed by atoms with E-state index in [1.165, 1.54) is 36.2 Å². The maximum absolute atomic E-state index is 5.87. The molecular formula is C12H18N2. The lowest BCUT2D eigenvalue weighted by molar-refractivity contribution is 0.737. The predicted molar refractivity (Wildman–Crippen MR) is 60.6 cm³/mol. The molecule has 0 spiro atoms. The standard InChI is InChI=1S/C12H18N2/c1-9(13)10-5-6-12-11(8-10)4-3-7-14(12)2/h5-6,8-9H,3-4,7,13H2,1-2H3/t9-/m1/s1. The van der Waals surface area contributed by atoms with Gasteiger partial charge in [-0.15, -0.1) is 0 Å². The van der Waals surface area contributed by atoms with Crippen molar-refractivity contribution in [2.45, 2.75) is 25.8 Å². The Kier molecular flexibility index (Phi) is 2.46. The van der Waals surface area contributed by atoms with Crippen LogP contribution in [0.25, 0.3) is 0 Å². The number of benzene rings is 1.